The molecular formula is C34H56O6Si. The van der Waals surface area contributed by atoms with E-state index in [1.54, 1.807) is 21.3 Å². The van der Waals surface area contributed by atoms with Crippen molar-refractivity contribution in [3.05, 3.63) is 65.7 Å². The van der Waals surface area contributed by atoms with E-state index in [4.69, 9.17) is 28.1 Å². The molecule has 0 N–H and O–H groups in total. The summed E-state index contributed by atoms with van der Waals surface area (Å²) in [6.07, 6.45) is 1.07. The number of rotatable bonds is 19. The summed E-state index contributed by atoms with van der Waals surface area (Å²) in [5, 5.41) is 0.178. The minimum absolute atomic E-state index is 0.145. The van der Waals surface area contributed by atoms with Gasteiger partial charge in [0.25, 0.3) is 0 Å². The summed E-state index contributed by atoms with van der Waals surface area (Å²) in [6, 6.07) is 18.3. The predicted molar refractivity (Wildman–Crippen MR) is 170 cm³/mol. The molecule has 0 amide bonds. The monoisotopic (exact) mass is 588 g/mol. The van der Waals surface area contributed by atoms with Crippen molar-refractivity contribution < 1.29 is 28.1 Å². The topological polar surface area (TPSA) is 55.4 Å². The molecule has 7 heteroatoms. The summed E-state index contributed by atoms with van der Waals surface area (Å²) in [6.45, 7) is 18.3. The Kier molecular flexibility index (Phi) is 15.0. The van der Waals surface area contributed by atoms with Crippen LogP contribution in [0.5, 0.6) is 5.75 Å². The normalized spacial score (nSPS) is 16.1. The van der Waals surface area contributed by atoms with Crippen molar-refractivity contribution >= 4 is 8.32 Å². The molecule has 0 aromatic heterocycles. The average Bonchev–Trinajstić information content (AvgIpc) is 2.95. The van der Waals surface area contributed by atoms with Gasteiger partial charge in [0.15, 0.2) is 8.32 Å². The first-order valence-electron chi connectivity index (χ1n) is 15.0. The van der Waals surface area contributed by atoms with E-state index in [1.807, 2.05) is 42.5 Å². The molecule has 0 bridgehead atoms. The van der Waals surface area contributed by atoms with E-state index in [0.29, 0.717) is 32.3 Å². The highest BCUT2D eigenvalue weighted by molar-refractivity contribution is 6.74. The van der Waals surface area contributed by atoms with Crippen LogP contribution < -0.4 is 4.74 Å². The molecule has 0 heterocycles. The van der Waals surface area contributed by atoms with Gasteiger partial charge in [0, 0.05) is 27.4 Å². The van der Waals surface area contributed by atoms with Gasteiger partial charge < -0.3 is 28.1 Å². The summed E-state index contributed by atoms with van der Waals surface area (Å²) in [7, 11) is 3.38. The molecule has 0 aliphatic rings. The molecule has 0 saturated carbocycles. The molecule has 41 heavy (non-hydrogen) atoms. The number of hydrogen-bond acceptors (Lipinski definition) is 6. The molecular weight excluding hydrogens is 532 g/mol. The molecule has 6 nitrogen and oxygen atoms in total. The second-order valence-electron chi connectivity index (χ2n) is 12.9. The Morgan fingerprint density at radius 1 is 0.707 bits per heavy atom. The lowest BCUT2D eigenvalue weighted by atomic mass is 9.92. The van der Waals surface area contributed by atoms with Crippen LogP contribution in [0.4, 0.5) is 0 Å². The maximum Gasteiger partial charge on any atom is 0.191 e. The van der Waals surface area contributed by atoms with E-state index in [9.17, 15) is 0 Å². The van der Waals surface area contributed by atoms with E-state index in [2.05, 4.69) is 59.8 Å². The molecule has 0 radical (unpaired) electrons. The molecule has 0 aliphatic heterocycles. The first-order chi connectivity index (χ1) is 19.4. The predicted octanol–water partition coefficient (Wildman–Crippen LogP) is 7.90. The van der Waals surface area contributed by atoms with Crippen molar-refractivity contribution in [2.24, 2.45) is 11.8 Å². The molecule has 0 aliphatic carbocycles. The third-order valence-electron chi connectivity index (χ3n) is 8.26. The van der Waals surface area contributed by atoms with Gasteiger partial charge in [-0.25, -0.2) is 0 Å². The molecule has 5 atom stereocenters. The molecule has 232 valence electrons. The van der Waals surface area contributed by atoms with Crippen LogP contribution in [0.15, 0.2) is 54.6 Å². The van der Waals surface area contributed by atoms with Gasteiger partial charge in [-0.2, -0.15) is 0 Å². The lowest BCUT2D eigenvalue weighted by molar-refractivity contribution is -0.139. The quantitative estimate of drug-likeness (QED) is 0.156. The number of methoxy groups -OCH3 is 3. The average molecular weight is 589 g/mol. The van der Waals surface area contributed by atoms with Crippen LogP contribution in [0, 0.1) is 11.8 Å². The third-order valence-corrected chi connectivity index (χ3v) is 12.8. The Bertz CT molecular complexity index is 959. The minimum atomic E-state index is -1.83. The highest BCUT2D eigenvalue weighted by atomic mass is 28.4. The Morgan fingerprint density at radius 2 is 1.24 bits per heavy atom. The third kappa shape index (κ3) is 12.2. The first-order valence-corrected chi connectivity index (χ1v) is 17.9. The fourth-order valence-corrected chi connectivity index (χ4v) is 5.68. The van der Waals surface area contributed by atoms with Crippen LogP contribution in [0.3, 0.4) is 0 Å². The Labute approximate surface area is 251 Å². The van der Waals surface area contributed by atoms with Crippen molar-refractivity contribution in [1.82, 2.24) is 0 Å². The van der Waals surface area contributed by atoms with E-state index in [1.165, 1.54) is 5.56 Å². The molecule has 2 aromatic carbocycles. The maximum atomic E-state index is 6.62. The van der Waals surface area contributed by atoms with Gasteiger partial charge in [0.1, 0.15) is 11.9 Å². The number of benzene rings is 2. The van der Waals surface area contributed by atoms with Crippen LogP contribution in [0.25, 0.3) is 0 Å². The second-order valence-corrected chi connectivity index (χ2v) is 17.7. The Morgan fingerprint density at radius 3 is 1.76 bits per heavy atom. The number of ether oxygens (including phenoxy) is 5. The van der Waals surface area contributed by atoms with Gasteiger partial charge in [-0.1, -0.05) is 77.1 Å². The van der Waals surface area contributed by atoms with Crippen LogP contribution in [0.2, 0.25) is 18.1 Å². The number of hydrogen-bond donors (Lipinski definition) is 0. The zero-order valence-electron chi connectivity index (χ0n) is 27.3. The molecule has 2 aromatic rings. The first kappa shape index (κ1) is 35.5. The molecule has 0 fully saturated rings. The summed E-state index contributed by atoms with van der Waals surface area (Å²) in [5.74, 6) is 1.42. The molecule has 0 spiro atoms. The Balaban J connectivity index is 2.10. The summed E-state index contributed by atoms with van der Waals surface area (Å²) < 4.78 is 36.7. The van der Waals surface area contributed by atoms with Crippen LogP contribution in [0.1, 0.15) is 58.6 Å². The van der Waals surface area contributed by atoms with E-state index in [0.717, 1.165) is 24.2 Å². The van der Waals surface area contributed by atoms with Gasteiger partial charge in [0.05, 0.1) is 32.5 Å². The zero-order valence-corrected chi connectivity index (χ0v) is 28.3. The fraction of sp³-hybridized carbons (Fsp3) is 0.647. The van der Waals surface area contributed by atoms with Gasteiger partial charge in [-0.15, -0.1) is 0 Å². The van der Waals surface area contributed by atoms with Crippen molar-refractivity contribution in [3.63, 3.8) is 0 Å². The smallest absolute Gasteiger partial charge is 0.191 e. The molecule has 0 unspecified atom stereocenters. The molecule has 2 rings (SSSR count). The van der Waals surface area contributed by atoms with Gasteiger partial charge in [-0.05, 0) is 66.1 Å². The van der Waals surface area contributed by atoms with Crippen LogP contribution >= 0.6 is 0 Å². The lowest BCUT2D eigenvalue weighted by Gasteiger charge is -2.38. The van der Waals surface area contributed by atoms with Crippen molar-refractivity contribution in [3.8, 4) is 5.75 Å². The second kappa shape index (κ2) is 17.4. The largest absolute Gasteiger partial charge is 0.497 e. The van der Waals surface area contributed by atoms with Crippen LogP contribution in [-0.4, -0.2) is 61.2 Å². The summed E-state index contributed by atoms with van der Waals surface area (Å²) in [5.41, 5.74) is 2.26. The molecule has 0 saturated heterocycles. The van der Waals surface area contributed by atoms with Crippen molar-refractivity contribution in [1.29, 1.82) is 0 Å². The van der Waals surface area contributed by atoms with Crippen molar-refractivity contribution in [2.75, 3.05) is 34.5 Å². The van der Waals surface area contributed by atoms with Gasteiger partial charge in [0.2, 0.25) is 0 Å². The highest BCUT2D eigenvalue weighted by Crippen LogP contribution is 2.37. The lowest BCUT2D eigenvalue weighted by Crippen LogP contribution is -2.45. The fourth-order valence-electron chi connectivity index (χ4n) is 4.55. The van der Waals surface area contributed by atoms with E-state index < -0.39 is 8.32 Å². The standard InChI is InChI=1S/C34H56O6Si/c1-26(22-38-24-28-14-12-11-13-15-28)20-31(36-7)33(39-25-29-16-18-30(35-6)19-17-29)32(37-8)21-27(2)23-40-41(9,10)34(3,4)5/h11-19,26-27,31-33H,20-25H2,1-10H3/t26-,27-,31+,32+,33-/m1/s1. The zero-order chi connectivity index (χ0) is 30.5. The maximum absolute atomic E-state index is 6.62. The summed E-state index contributed by atoms with van der Waals surface area (Å²) in [4.78, 5) is 0. The van der Waals surface area contributed by atoms with Gasteiger partial charge >= 0.3 is 0 Å². The Hall–Kier alpha value is -1.74. The summed E-state index contributed by atoms with van der Waals surface area (Å²) >= 11 is 0. The van der Waals surface area contributed by atoms with Crippen LogP contribution in [-0.2, 0) is 36.6 Å². The minimum Gasteiger partial charge on any atom is -0.497 e. The van der Waals surface area contributed by atoms with Crippen molar-refractivity contribution in [2.45, 2.75) is 97.1 Å². The van der Waals surface area contributed by atoms with E-state index in [-0.39, 0.29) is 29.3 Å². The highest BCUT2D eigenvalue weighted by Gasteiger charge is 2.38. The SMILES string of the molecule is COc1ccc(CO[C@H]([C@H](C[C@@H](C)COCc2ccccc2)OC)[C@H](C[C@@H](C)CO[Si](C)(C)C(C)(C)C)OC)cc1. The van der Waals surface area contributed by atoms with E-state index >= 15 is 0 Å². The van der Waals surface area contributed by atoms with Gasteiger partial charge in [-0.3, -0.25) is 0 Å².